The summed E-state index contributed by atoms with van der Waals surface area (Å²) in [6.45, 7) is 3.59. The molecule has 0 saturated carbocycles. The first kappa shape index (κ1) is 18.8. The first-order valence-electron chi connectivity index (χ1n) is 8.24. The van der Waals surface area contributed by atoms with Gasteiger partial charge in [0.2, 0.25) is 11.1 Å². The molecule has 0 aliphatic heterocycles. The summed E-state index contributed by atoms with van der Waals surface area (Å²) in [5.74, 6) is -0.358. The molecule has 0 radical (unpaired) electrons. The van der Waals surface area contributed by atoms with E-state index in [1.54, 1.807) is 31.2 Å². The van der Waals surface area contributed by atoms with Gasteiger partial charge in [0.15, 0.2) is 0 Å². The van der Waals surface area contributed by atoms with Gasteiger partial charge in [-0.25, -0.2) is 4.39 Å². The fourth-order valence-corrected chi connectivity index (χ4v) is 3.20. The second-order valence-electron chi connectivity index (χ2n) is 5.93. The molecule has 1 aromatic heterocycles. The maximum absolute atomic E-state index is 13.0. The van der Waals surface area contributed by atoms with E-state index >= 15 is 0 Å². The fourth-order valence-electron chi connectivity index (χ4n) is 2.39. The van der Waals surface area contributed by atoms with Crippen LogP contribution in [0.1, 0.15) is 25.5 Å². The van der Waals surface area contributed by atoms with Gasteiger partial charge in [-0.1, -0.05) is 23.9 Å². The number of carbonyl (C=O) groups is 1. The zero-order valence-electron chi connectivity index (χ0n) is 14.7. The minimum absolute atomic E-state index is 0.142. The third kappa shape index (κ3) is 4.62. The van der Waals surface area contributed by atoms with Gasteiger partial charge in [0.1, 0.15) is 11.6 Å². The summed E-state index contributed by atoms with van der Waals surface area (Å²) in [7, 11) is 0. The van der Waals surface area contributed by atoms with Crippen molar-refractivity contribution in [3.63, 3.8) is 0 Å². The average Bonchev–Trinajstić information content (AvgIpc) is 3.10. The van der Waals surface area contributed by atoms with Crippen LogP contribution in [-0.4, -0.2) is 36.5 Å². The van der Waals surface area contributed by atoms with E-state index in [1.165, 1.54) is 40.7 Å². The second-order valence-corrected chi connectivity index (χ2v) is 7.24. The molecule has 0 aliphatic carbocycles. The van der Waals surface area contributed by atoms with Crippen LogP contribution in [0.2, 0.25) is 0 Å². The highest BCUT2D eigenvalue weighted by atomic mass is 32.2. The number of thioether (sulfide) groups is 1. The lowest BCUT2D eigenvalue weighted by Gasteiger charge is -2.17. The third-order valence-electron chi connectivity index (χ3n) is 3.92. The Bertz CT molecular complexity index is 914. The molecule has 0 fully saturated rings. The van der Waals surface area contributed by atoms with Gasteiger partial charge in [-0.3, -0.25) is 4.79 Å². The topological polar surface area (TPSA) is 92.9 Å². The lowest BCUT2D eigenvalue weighted by molar-refractivity contribution is -0.120. The van der Waals surface area contributed by atoms with Crippen molar-refractivity contribution in [2.75, 3.05) is 0 Å². The second kappa shape index (κ2) is 8.17. The van der Waals surface area contributed by atoms with E-state index in [0.29, 0.717) is 10.8 Å². The van der Waals surface area contributed by atoms with Gasteiger partial charge in [0.25, 0.3) is 0 Å². The van der Waals surface area contributed by atoms with Crippen LogP contribution in [0.4, 0.5) is 4.39 Å². The van der Waals surface area contributed by atoms with E-state index in [4.69, 9.17) is 0 Å². The van der Waals surface area contributed by atoms with Gasteiger partial charge < -0.3 is 10.4 Å². The summed E-state index contributed by atoms with van der Waals surface area (Å²) in [4.78, 5) is 12.5. The molecule has 0 aliphatic rings. The Morgan fingerprint density at radius 2 is 1.81 bits per heavy atom. The molecule has 0 unspecified atom stereocenters. The largest absolute Gasteiger partial charge is 0.508 e. The van der Waals surface area contributed by atoms with Crippen molar-refractivity contribution in [3.8, 4) is 11.4 Å². The Hall–Kier alpha value is -2.94. The number of hydrogen-bond acceptors (Lipinski definition) is 6. The zero-order valence-corrected chi connectivity index (χ0v) is 15.5. The van der Waals surface area contributed by atoms with Crippen LogP contribution in [0.5, 0.6) is 5.75 Å². The summed E-state index contributed by atoms with van der Waals surface area (Å²) >= 11 is 1.22. The molecule has 3 rings (SSSR count). The molecule has 27 heavy (non-hydrogen) atoms. The van der Waals surface area contributed by atoms with Crippen LogP contribution in [0.25, 0.3) is 5.69 Å². The summed E-state index contributed by atoms with van der Waals surface area (Å²) < 4.78 is 14.5. The van der Waals surface area contributed by atoms with E-state index in [0.717, 1.165) is 5.56 Å². The van der Waals surface area contributed by atoms with Crippen molar-refractivity contribution in [3.05, 3.63) is 59.9 Å². The van der Waals surface area contributed by atoms with Crippen molar-refractivity contribution in [1.29, 1.82) is 0 Å². The Kier molecular flexibility index (Phi) is 5.70. The van der Waals surface area contributed by atoms with Gasteiger partial charge in [-0.05, 0) is 66.2 Å². The number of phenols is 1. The van der Waals surface area contributed by atoms with Gasteiger partial charge in [-0.15, -0.1) is 5.10 Å². The minimum atomic E-state index is -0.449. The maximum Gasteiger partial charge on any atom is 0.233 e. The molecule has 1 heterocycles. The molecular weight excluding hydrogens is 369 g/mol. The highest BCUT2D eigenvalue weighted by Crippen LogP contribution is 2.24. The van der Waals surface area contributed by atoms with Gasteiger partial charge >= 0.3 is 0 Å². The number of amides is 1. The van der Waals surface area contributed by atoms with Crippen LogP contribution in [-0.2, 0) is 4.79 Å². The minimum Gasteiger partial charge on any atom is -0.508 e. The molecule has 1 amide bonds. The predicted octanol–water partition coefficient (Wildman–Crippen LogP) is 2.87. The van der Waals surface area contributed by atoms with Gasteiger partial charge in [0, 0.05) is 0 Å². The molecule has 0 spiro atoms. The number of rotatable bonds is 6. The van der Waals surface area contributed by atoms with Crippen molar-refractivity contribution in [2.24, 2.45) is 0 Å². The number of nitrogens with zero attached hydrogens (tertiary/aromatic N) is 4. The molecule has 2 aromatic carbocycles. The number of tetrazole rings is 1. The molecule has 9 heteroatoms. The quantitative estimate of drug-likeness (QED) is 0.632. The van der Waals surface area contributed by atoms with Crippen LogP contribution >= 0.6 is 11.8 Å². The van der Waals surface area contributed by atoms with Crippen LogP contribution in [0, 0.1) is 5.82 Å². The smallest absolute Gasteiger partial charge is 0.233 e. The number of nitrogens with one attached hydrogen (secondary N) is 1. The Labute approximate surface area is 159 Å². The first-order valence-corrected chi connectivity index (χ1v) is 9.12. The van der Waals surface area contributed by atoms with Crippen molar-refractivity contribution >= 4 is 17.7 Å². The highest BCUT2D eigenvalue weighted by Gasteiger charge is 2.21. The van der Waals surface area contributed by atoms with E-state index in [9.17, 15) is 14.3 Å². The third-order valence-corrected chi connectivity index (χ3v) is 4.95. The first-order chi connectivity index (χ1) is 12.9. The molecule has 140 valence electrons. The molecule has 2 N–H and O–H groups in total. The SMILES string of the molecule is C[C@H](NC(=O)[C@@H](C)Sc1nnnn1-c1ccc(O)cc1)c1ccc(F)cc1. The number of aromatic nitrogens is 4. The predicted molar refractivity (Wildman–Crippen MR) is 99.1 cm³/mol. The van der Waals surface area contributed by atoms with Crippen molar-refractivity contribution < 1.29 is 14.3 Å². The number of carbonyl (C=O) groups excluding carboxylic acids is 1. The summed E-state index contributed by atoms with van der Waals surface area (Å²) in [6.07, 6.45) is 0. The van der Waals surface area contributed by atoms with E-state index in [2.05, 4.69) is 20.8 Å². The van der Waals surface area contributed by atoms with Crippen LogP contribution in [0.3, 0.4) is 0 Å². The number of hydrogen-bond donors (Lipinski definition) is 2. The summed E-state index contributed by atoms with van der Waals surface area (Å²) in [6, 6.07) is 12.2. The van der Waals surface area contributed by atoms with Crippen LogP contribution < -0.4 is 5.32 Å². The highest BCUT2D eigenvalue weighted by molar-refractivity contribution is 8.00. The molecule has 2 atom stereocenters. The number of benzene rings is 2. The molecule has 0 saturated heterocycles. The normalized spacial score (nSPS) is 13.1. The van der Waals surface area contributed by atoms with E-state index in [-0.39, 0.29) is 23.5 Å². The average molecular weight is 387 g/mol. The molecule has 7 nitrogen and oxygen atoms in total. The summed E-state index contributed by atoms with van der Waals surface area (Å²) in [5.41, 5.74) is 1.49. The number of phenolic OH excluding ortho intramolecular Hbond substituents is 1. The Morgan fingerprint density at radius 1 is 1.15 bits per heavy atom. The summed E-state index contributed by atoms with van der Waals surface area (Å²) in [5, 5.41) is 23.9. The molecule has 3 aromatic rings. The van der Waals surface area contributed by atoms with E-state index < -0.39 is 5.25 Å². The van der Waals surface area contributed by atoms with Crippen molar-refractivity contribution in [2.45, 2.75) is 30.3 Å². The fraction of sp³-hybridized carbons (Fsp3) is 0.222. The maximum atomic E-state index is 13.0. The standard InChI is InChI=1S/C18H18FN5O2S/c1-11(13-3-5-14(19)6-4-13)20-17(26)12(2)27-18-21-22-23-24(18)15-7-9-16(25)10-8-15/h3-12,25H,1-2H3,(H,20,26)/t11-,12+/m0/s1. The Morgan fingerprint density at radius 3 is 2.48 bits per heavy atom. The zero-order chi connectivity index (χ0) is 19.4. The van der Waals surface area contributed by atoms with E-state index in [1.807, 2.05) is 6.92 Å². The monoisotopic (exact) mass is 387 g/mol. The van der Waals surface area contributed by atoms with Crippen LogP contribution in [0.15, 0.2) is 53.7 Å². The lowest BCUT2D eigenvalue weighted by atomic mass is 10.1. The van der Waals surface area contributed by atoms with Crippen molar-refractivity contribution in [1.82, 2.24) is 25.5 Å². The Balaban J connectivity index is 1.66. The van der Waals surface area contributed by atoms with Gasteiger partial charge in [-0.2, -0.15) is 4.68 Å². The molecular formula is C18H18FN5O2S. The van der Waals surface area contributed by atoms with Gasteiger partial charge in [0.05, 0.1) is 17.0 Å². The lowest BCUT2D eigenvalue weighted by Crippen LogP contribution is -2.33. The number of aromatic hydroxyl groups is 1. The molecule has 0 bridgehead atoms. The number of halogens is 1.